The molecule has 1 fully saturated rings. The van der Waals surface area contributed by atoms with Gasteiger partial charge in [-0.2, -0.15) is 0 Å². The predicted octanol–water partition coefficient (Wildman–Crippen LogP) is 3.42. The second kappa shape index (κ2) is 7.38. The highest BCUT2D eigenvalue weighted by molar-refractivity contribution is 4.91. The lowest BCUT2D eigenvalue weighted by molar-refractivity contribution is 0.0873. The zero-order chi connectivity index (χ0) is 12.7. The van der Waals surface area contributed by atoms with E-state index in [1.807, 2.05) is 0 Å². The van der Waals surface area contributed by atoms with Gasteiger partial charge in [0.2, 0.25) is 0 Å². The average Bonchev–Trinajstić information content (AvgIpc) is 2.34. The molecule has 102 valence electrons. The molecule has 17 heavy (non-hydrogen) atoms. The summed E-state index contributed by atoms with van der Waals surface area (Å²) >= 11 is 0. The van der Waals surface area contributed by atoms with Crippen molar-refractivity contribution in [1.29, 1.82) is 0 Å². The summed E-state index contributed by atoms with van der Waals surface area (Å²) in [4.78, 5) is 2.75. The molecule has 2 heteroatoms. The van der Waals surface area contributed by atoms with Crippen molar-refractivity contribution in [3.8, 4) is 0 Å². The molecular weight excluding hydrogens is 208 g/mol. The number of piperazine rings is 1. The first kappa shape index (κ1) is 15.0. The van der Waals surface area contributed by atoms with Gasteiger partial charge in [0.15, 0.2) is 0 Å². The fourth-order valence-electron chi connectivity index (χ4n) is 2.92. The van der Waals surface area contributed by atoms with Gasteiger partial charge in [0.1, 0.15) is 0 Å². The van der Waals surface area contributed by atoms with Crippen molar-refractivity contribution in [3.63, 3.8) is 0 Å². The lowest BCUT2D eigenvalue weighted by Crippen LogP contribution is -2.60. The summed E-state index contributed by atoms with van der Waals surface area (Å²) in [6.45, 7) is 12.9. The van der Waals surface area contributed by atoms with Crippen molar-refractivity contribution in [2.45, 2.75) is 77.8 Å². The van der Waals surface area contributed by atoms with Crippen LogP contribution in [0, 0.1) is 0 Å². The van der Waals surface area contributed by atoms with Gasteiger partial charge in [-0.15, -0.1) is 0 Å². The Morgan fingerprint density at radius 3 is 2.53 bits per heavy atom. The second-order valence-electron chi connectivity index (χ2n) is 5.90. The van der Waals surface area contributed by atoms with E-state index in [1.165, 1.54) is 51.6 Å². The summed E-state index contributed by atoms with van der Waals surface area (Å²) in [6.07, 6.45) is 8.04. The summed E-state index contributed by atoms with van der Waals surface area (Å²) < 4.78 is 0. The van der Waals surface area contributed by atoms with Crippen LogP contribution in [-0.2, 0) is 0 Å². The lowest BCUT2D eigenvalue weighted by atomic mass is 9.93. The molecule has 0 bridgehead atoms. The largest absolute Gasteiger partial charge is 0.309 e. The van der Waals surface area contributed by atoms with Crippen LogP contribution in [0.5, 0.6) is 0 Å². The van der Waals surface area contributed by atoms with Gasteiger partial charge in [0.25, 0.3) is 0 Å². The predicted molar refractivity (Wildman–Crippen MR) is 76.5 cm³/mol. The van der Waals surface area contributed by atoms with Crippen LogP contribution >= 0.6 is 0 Å². The molecule has 2 unspecified atom stereocenters. The Morgan fingerprint density at radius 1 is 1.18 bits per heavy atom. The highest BCUT2D eigenvalue weighted by Gasteiger charge is 2.31. The quantitative estimate of drug-likeness (QED) is 0.733. The highest BCUT2D eigenvalue weighted by atomic mass is 15.2. The van der Waals surface area contributed by atoms with E-state index in [0.717, 1.165) is 12.6 Å². The topological polar surface area (TPSA) is 15.3 Å². The van der Waals surface area contributed by atoms with E-state index < -0.39 is 0 Å². The van der Waals surface area contributed by atoms with Crippen LogP contribution in [0.1, 0.15) is 66.2 Å². The molecular formula is C15H32N2. The van der Waals surface area contributed by atoms with E-state index in [9.17, 15) is 0 Å². The molecule has 0 amide bonds. The zero-order valence-electron chi connectivity index (χ0n) is 12.4. The van der Waals surface area contributed by atoms with Crippen LogP contribution in [0.3, 0.4) is 0 Å². The Kier molecular flexibility index (Phi) is 6.50. The lowest BCUT2D eigenvalue weighted by Gasteiger charge is -2.44. The first-order valence-corrected chi connectivity index (χ1v) is 7.64. The number of rotatable bonds is 7. The summed E-state index contributed by atoms with van der Waals surface area (Å²) in [5.74, 6) is 0. The SMILES string of the molecule is CCCCC(CCC)N1CCNC(C)(CC)C1. The fraction of sp³-hybridized carbons (Fsp3) is 1.00. The number of nitrogens with one attached hydrogen (secondary N) is 1. The van der Waals surface area contributed by atoms with Crippen LogP contribution in [0.4, 0.5) is 0 Å². The third kappa shape index (κ3) is 4.59. The van der Waals surface area contributed by atoms with Crippen LogP contribution in [0.25, 0.3) is 0 Å². The molecule has 0 radical (unpaired) electrons. The van der Waals surface area contributed by atoms with Crippen LogP contribution in [0.2, 0.25) is 0 Å². The maximum atomic E-state index is 3.69. The Bertz CT molecular complexity index is 205. The third-order valence-corrected chi connectivity index (χ3v) is 4.31. The second-order valence-corrected chi connectivity index (χ2v) is 5.90. The molecule has 0 aromatic heterocycles. The number of unbranched alkanes of at least 4 members (excludes halogenated alkanes) is 1. The van der Waals surface area contributed by atoms with E-state index in [0.29, 0.717) is 5.54 Å². The third-order valence-electron chi connectivity index (χ3n) is 4.31. The van der Waals surface area contributed by atoms with E-state index in [4.69, 9.17) is 0 Å². The van der Waals surface area contributed by atoms with Gasteiger partial charge in [-0.25, -0.2) is 0 Å². The van der Waals surface area contributed by atoms with Crippen LogP contribution in [-0.4, -0.2) is 36.1 Å². The van der Waals surface area contributed by atoms with Gasteiger partial charge >= 0.3 is 0 Å². The maximum absolute atomic E-state index is 3.69. The average molecular weight is 240 g/mol. The Labute approximate surface area is 108 Å². The molecule has 0 aromatic rings. The van der Waals surface area contributed by atoms with Gasteiger partial charge in [0.05, 0.1) is 0 Å². The molecule has 1 heterocycles. The van der Waals surface area contributed by atoms with Gasteiger partial charge in [-0.05, 0) is 26.2 Å². The molecule has 2 atom stereocenters. The monoisotopic (exact) mass is 240 g/mol. The number of hydrogen-bond donors (Lipinski definition) is 1. The number of nitrogens with zero attached hydrogens (tertiary/aromatic N) is 1. The molecule has 1 aliphatic heterocycles. The molecule has 2 nitrogen and oxygen atoms in total. The molecule has 1 saturated heterocycles. The van der Waals surface area contributed by atoms with Crippen molar-refractivity contribution in [3.05, 3.63) is 0 Å². The van der Waals surface area contributed by atoms with Crippen molar-refractivity contribution < 1.29 is 0 Å². The van der Waals surface area contributed by atoms with Gasteiger partial charge < -0.3 is 5.32 Å². The van der Waals surface area contributed by atoms with Crippen molar-refractivity contribution >= 4 is 0 Å². The normalized spacial score (nSPS) is 28.2. The first-order valence-electron chi connectivity index (χ1n) is 7.64. The number of hydrogen-bond acceptors (Lipinski definition) is 2. The minimum Gasteiger partial charge on any atom is -0.309 e. The van der Waals surface area contributed by atoms with Crippen LogP contribution in [0.15, 0.2) is 0 Å². The minimum absolute atomic E-state index is 0.344. The van der Waals surface area contributed by atoms with Gasteiger partial charge in [0, 0.05) is 31.2 Å². The molecule has 0 saturated carbocycles. The van der Waals surface area contributed by atoms with Crippen LogP contribution < -0.4 is 5.32 Å². The standard InChI is InChI=1S/C15H32N2/c1-5-8-10-14(9-6-2)17-12-11-16-15(4,7-3)13-17/h14,16H,5-13H2,1-4H3. The van der Waals surface area contributed by atoms with Crippen molar-refractivity contribution in [2.75, 3.05) is 19.6 Å². The Morgan fingerprint density at radius 2 is 1.94 bits per heavy atom. The smallest absolute Gasteiger partial charge is 0.0278 e. The van der Waals surface area contributed by atoms with E-state index in [1.54, 1.807) is 0 Å². The molecule has 1 N–H and O–H groups in total. The van der Waals surface area contributed by atoms with E-state index in [2.05, 4.69) is 37.9 Å². The fourth-order valence-corrected chi connectivity index (χ4v) is 2.92. The first-order chi connectivity index (χ1) is 8.15. The maximum Gasteiger partial charge on any atom is 0.0278 e. The molecule has 0 aliphatic carbocycles. The molecule has 0 spiro atoms. The molecule has 1 aliphatic rings. The minimum atomic E-state index is 0.344. The van der Waals surface area contributed by atoms with Gasteiger partial charge in [-0.3, -0.25) is 4.90 Å². The summed E-state index contributed by atoms with van der Waals surface area (Å²) in [7, 11) is 0. The molecule has 0 aromatic carbocycles. The van der Waals surface area contributed by atoms with Crippen molar-refractivity contribution in [2.24, 2.45) is 0 Å². The molecule has 1 rings (SSSR count). The van der Waals surface area contributed by atoms with Crippen molar-refractivity contribution in [1.82, 2.24) is 10.2 Å². The van der Waals surface area contributed by atoms with E-state index in [-0.39, 0.29) is 0 Å². The van der Waals surface area contributed by atoms with E-state index >= 15 is 0 Å². The highest BCUT2D eigenvalue weighted by Crippen LogP contribution is 2.21. The zero-order valence-corrected chi connectivity index (χ0v) is 12.4. The summed E-state index contributed by atoms with van der Waals surface area (Å²) in [6, 6.07) is 0.827. The van der Waals surface area contributed by atoms with Gasteiger partial charge in [-0.1, -0.05) is 40.0 Å². The Balaban J connectivity index is 2.53. The summed E-state index contributed by atoms with van der Waals surface area (Å²) in [5.41, 5.74) is 0.344. The summed E-state index contributed by atoms with van der Waals surface area (Å²) in [5, 5.41) is 3.69. The Hall–Kier alpha value is -0.0800.